The molecule has 2 aliphatic rings. The van der Waals surface area contributed by atoms with E-state index in [0.29, 0.717) is 41.8 Å². The van der Waals surface area contributed by atoms with Gasteiger partial charge in [-0.05, 0) is 55.2 Å². The predicted octanol–water partition coefficient (Wildman–Crippen LogP) is 3.65. The monoisotopic (exact) mass is 497 g/mol. The van der Waals surface area contributed by atoms with E-state index in [4.69, 9.17) is 9.47 Å². The minimum absolute atomic E-state index is 0.100. The van der Waals surface area contributed by atoms with Crippen molar-refractivity contribution in [2.75, 3.05) is 19.0 Å². The summed E-state index contributed by atoms with van der Waals surface area (Å²) in [6.07, 6.45) is 1.92. The number of fused-ring (bicyclic) bond motifs is 2. The molecule has 2 N–H and O–H groups in total. The van der Waals surface area contributed by atoms with Crippen molar-refractivity contribution in [3.63, 3.8) is 0 Å². The highest BCUT2D eigenvalue weighted by atomic mass is 19.1. The number of anilines is 1. The topological polar surface area (TPSA) is 97.0 Å². The number of carbonyl (C=O) groups is 3. The second-order valence-electron chi connectivity index (χ2n) is 9.29. The number of ether oxygens (including phenoxy) is 2. The van der Waals surface area contributed by atoms with E-state index in [2.05, 4.69) is 10.6 Å². The number of carbonyl (C=O) groups excluding carboxylic acids is 3. The summed E-state index contributed by atoms with van der Waals surface area (Å²) in [4.78, 5) is 39.4. The van der Waals surface area contributed by atoms with Crippen molar-refractivity contribution in [2.24, 2.45) is 0 Å². The molecular formula is C27H32FN3O5. The lowest BCUT2D eigenvalue weighted by atomic mass is 9.94. The van der Waals surface area contributed by atoms with Crippen molar-refractivity contribution in [1.29, 1.82) is 0 Å². The largest absolute Gasteiger partial charge is 0.490 e. The smallest absolute Gasteiger partial charge is 0.257 e. The molecule has 192 valence electrons. The summed E-state index contributed by atoms with van der Waals surface area (Å²) in [5, 5.41) is 5.63. The van der Waals surface area contributed by atoms with Gasteiger partial charge in [-0.3, -0.25) is 14.4 Å². The molecule has 0 bridgehead atoms. The van der Waals surface area contributed by atoms with E-state index in [0.717, 1.165) is 6.42 Å². The van der Waals surface area contributed by atoms with Crippen LogP contribution in [0, 0.1) is 5.82 Å². The van der Waals surface area contributed by atoms with Crippen molar-refractivity contribution >= 4 is 23.4 Å². The van der Waals surface area contributed by atoms with Crippen molar-refractivity contribution < 1.29 is 28.2 Å². The number of halogens is 1. The minimum Gasteiger partial charge on any atom is -0.490 e. The van der Waals surface area contributed by atoms with Gasteiger partial charge < -0.3 is 25.0 Å². The van der Waals surface area contributed by atoms with E-state index in [9.17, 15) is 18.8 Å². The molecule has 36 heavy (non-hydrogen) atoms. The van der Waals surface area contributed by atoms with Crippen molar-refractivity contribution in [3.8, 4) is 5.75 Å². The first-order valence-corrected chi connectivity index (χ1v) is 12.3. The van der Waals surface area contributed by atoms with Crippen molar-refractivity contribution in [3.05, 3.63) is 59.4 Å². The molecule has 0 spiro atoms. The summed E-state index contributed by atoms with van der Waals surface area (Å²) in [6.45, 7) is 2.41. The van der Waals surface area contributed by atoms with E-state index in [-0.39, 0.29) is 61.4 Å². The van der Waals surface area contributed by atoms with Gasteiger partial charge in [0.2, 0.25) is 11.8 Å². The standard InChI is InChI=1S/C27H32FN3O5/c1-3-5-25(32)30-19-8-11-23-21(13-19)27(34)31(2)22-10-9-20(36-24(22)16-35-23)14-26(33)29-15-17-6-4-7-18(28)12-17/h4,6-8,11-13,20,22,24H,3,5,9-10,14-16H2,1-2H3,(H,29,33)(H,30,32)/t20-,22+,24+/m0/s1. The molecule has 2 aromatic rings. The fraction of sp³-hybridized carbons (Fsp3) is 0.444. The highest BCUT2D eigenvalue weighted by molar-refractivity contribution is 5.99. The highest BCUT2D eigenvalue weighted by Crippen LogP contribution is 2.32. The number of nitrogens with zero attached hydrogens (tertiary/aromatic N) is 1. The molecule has 0 radical (unpaired) electrons. The normalized spacial score (nSPS) is 21.4. The van der Waals surface area contributed by atoms with Gasteiger partial charge in [0, 0.05) is 25.7 Å². The Morgan fingerprint density at radius 1 is 1.14 bits per heavy atom. The van der Waals surface area contributed by atoms with Crippen molar-refractivity contribution in [1.82, 2.24) is 10.2 Å². The van der Waals surface area contributed by atoms with Crippen LogP contribution in [0.25, 0.3) is 0 Å². The molecule has 0 aromatic heterocycles. The molecule has 8 nitrogen and oxygen atoms in total. The Bertz CT molecular complexity index is 1120. The van der Waals surface area contributed by atoms with Crippen LogP contribution >= 0.6 is 0 Å². The molecular weight excluding hydrogens is 465 g/mol. The minimum atomic E-state index is -0.384. The quantitative estimate of drug-likeness (QED) is 0.609. The first-order chi connectivity index (χ1) is 17.3. The maximum atomic E-state index is 13.3. The number of likely N-dealkylation sites (N-methyl/N-ethyl adjacent to an activating group) is 1. The van der Waals surface area contributed by atoms with E-state index >= 15 is 0 Å². The van der Waals surface area contributed by atoms with Crippen LogP contribution < -0.4 is 15.4 Å². The third-order valence-electron chi connectivity index (χ3n) is 6.56. The van der Waals surface area contributed by atoms with E-state index in [1.54, 1.807) is 42.3 Å². The summed E-state index contributed by atoms with van der Waals surface area (Å²) in [5.74, 6) is -0.400. The Balaban J connectivity index is 1.37. The Morgan fingerprint density at radius 3 is 2.75 bits per heavy atom. The summed E-state index contributed by atoms with van der Waals surface area (Å²) in [7, 11) is 1.74. The van der Waals surface area contributed by atoms with Crippen LogP contribution in [0.3, 0.4) is 0 Å². The molecule has 0 aliphatic carbocycles. The van der Waals surface area contributed by atoms with Crippen molar-refractivity contribution in [2.45, 2.75) is 63.8 Å². The lowest BCUT2D eigenvalue weighted by Gasteiger charge is -2.42. The summed E-state index contributed by atoms with van der Waals surface area (Å²) < 4.78 is 25.5. The first-order valence-electron chi connectivity index (χ1n) is 12.3. The lowest BCUT2D eigenvalue weighted by Crippen LogP contribution is -2.53. The third kappa shape index (κ3) is 6.20. The molecule has 3 amide bonds. The van der Waals surface area contributed by atoms with E-state index in [1.807, 2.05) is 6.92 Å². The van der Waals surface area contributed by atoms with Crippen LogP contribution in [0.15, 0.2) is 42.5 Å². The van der Waals surface area contributed by atoms with Gasteiger partial charge in [-0.2, -0.15) is 0 Å². The van der Waals surface area contributed by atoms with Crippen LogP contribution in [-0.4, -0.2) is 54.5 Å². The van der Waals surface area contributed by atoms with Gasteiger partial charge in [0.1, 0.15) is 24.3 Å². The van der Waals surface area contributed by atoms with Gasteiger partial charge in [0.05, 0.1) is 24.1 Å². The van der Waals surface area contributed by atoms with Crippen LogP contribution in [0.4, 0.5) is 10.1 Å². The number of nitrogens with one attached hydrogen (secondary N) is 2. The third-order valence-corrected chi connectivity index (χ3v) is 6.56. The number of rotatable bonds is 7. The Hall–Kier alpha value is -3.46. The average molecular weight is 498 g/mol. The average Bonchev–Trinajstić information content (AvgIpc) is 2.85. The van der Waals surface area contributed by atoms with Gasteiger partial charge in [0.15, 0.2) is 0 Å². The van der Waals surface area contributed by atoms with Crippen LogP contribution in [0.2, 0.25) is 0 Å². The van der Waals surface area contributed by atoms with Gasteiger partial charge >= 0.3 is 0 Å². The SMILES string of the molecule is CCCC(=O)Nc1ccc2c(c1)C(=O)N(C)[C@@H]1CC[C@@H](CC(=O)NCc3cccc(F)c3)O[C@@H]1CO2. The molecule has 2 aromatic carbocycles. The molecule has 1 saturated heterocycles. The summed E-state index contributed by atoms with van der Waals surface area (Å²) in [6, 6.07) is 11.0. The Morgan fingerprint density at radius 2 is 1.97 bits per heavy atom. The molecule has 4 rings (SSSR count). The lowest BCUT2D eigenvalue weighted by molar-refractivity contribution is -0.134. The number of hydrogen-bond acceptors (Lipinski definition) is 5. The zero-order valence-electron chi connectivity index (χ0n) is 20.6. The highest BCUT2D eigenvalue weighted by Gasteiger charge is 2.39. The van der Waals surface area contributed by atoms with E-state index < -0.39 is 0 Å². The molecule has 0 unspecified atom stereocenters. The molecule has 2 aliphatic heterocycles. The molecule has 9 heteroatoms. The van der Waals surface area contributed by atoms with Crippen LogP contribution in [-0.2, 0) is 20.9 Å². The summed E-state index contributed by atoms with van der Waals surface area (Å²) in [5.41, 5.74) is 1.64. The second kappa shape index (κ2) is 11.5. The zero-order valence-corrected chi connectivity index (χ0v) is 20.6. The van der Waals surface area contributed by atoms with Gasteiger partial charge in [-0.15, -0.1) is 0 Å². The first kappa shape index (κ1) is 25.6. The van der Waals surface area contributed by atoms with Gasteiger partial charge in [0.25, 0.3) is 5.91 Å². The van der Waals surface area contributed by atoms with Crippen LogP contribution in [0.5, 0.6) is 5.75 Å². The Kier molecular flexibility index (Phi) is 8.20. The number of amides is 3. The zero-order chi connectivity index (χ0) is 25.7. The molecule has 0 saturated carbocycles. The van der Waals surface area contributed by atoms with Gasteiger partial charge in [-0.25, -0.2) is 4.39 Å². The fourth-order valence-corrected chi connectivity index (χ4v) is 4.68. The Labute approximate surface area is 210 Å². The maximum absolute atomic E-state index is 13.3. The number of benzene rings is 2. The van der Waals surface area contributed by atoms with Gasteiger partial charge in [-0.1, -0.05) is 19.1 Å². The molecule has 3 atom stereocenters. The molecule has 2 heterocycles. The number of hydrogen-bond donors (Lipinski definition) is 2. The fourth-order valence-electron chi connectivity index (χ4n) is 4.68. The predicted molar refractivity (Wildman–Crippen MR) is 132 cm³/mol. The second-order valence-corrected chi connectivity index (χ2v) is 9.29. The maximum Gasteiger partial charge on any atom is 0.257 e. The summed E-state index contributed by atoms with van der Waals surface area (Å²) >= 11 is 0. The molecule has 1 fully saturated rings. The van der Waals surface area contributed by atoms with E-state index in [1.165, 1.54) is 12.1 Å². The van der Waals surface area contributed by atoms with Crippen LogP contribution in [0.1, 0.15) is 54.9 Å².